The first kappa shape index (κ1) is 36.9. The van der Waals surface area contributed by atoms with E-state index in [1.54, 1.807) is 0 Å². The van der Waals surface area contributed by atoms with Gasteiger partial charge < -0.3 is 10.6 Å². The lowest BCUT2D eigenvalue weighted by atomic mass is 10.0. The fraction of sp³-hybridized carbons (Fsp3) is 0.941. The quantitative estimate of drug-likeness (QED) is 0.0866. The van der Waals surface area contributed by atoms with Crippen LogP contribution in [0.5, 0.6) is 0 Å². The van der Waals surface area contributed by atoms with Gasteiger partial charge in [-0.3, -0.25) is 9.59 Å². The Morgan fingerprint density at radius 1 is 0.342 bits per heavy atom. The lowest BCUT2D eigenvalue weighted by Gasteiger charge is -2.07. The van der Waals surface area contributed by atoms with E-state index in [4.69, 9.17) is 0 Å². The molecule has 38 heavy (non-hydrogen) atoms. The van der Waals surface area contributed by atoms with E-state index in [1.165, 1.54) is 141 Å². The molecule has 4 heteroatoms. The number of carbonyl (C=O) groups is 2. The zero-order chi connectivity index (χ0) is 27.8. The summed E-state index contributed by atoms with van der Waals surface area (Å²) in [5.74, 6) is 0.376. The highest BCUT2D eigenvalue weighted by molar-refractivity contribution is 5.76. The second-order valence-electron chi connectivity index (χ2n) is 11.7. The van der Waals surface area contributed by atoms with Crippen LogP contribution in [-0.2, 0) is 9.59 Å². The van der Waals surface area contributed by atoms with Crippen LogP contribution in [0.4, 0.5) is 0 Å². The van der Waals surface area contributed by atoms with Crippen molar-refractivity contribution in [2.24, 2.45) is 0 Å². The molecule has 0 saturated carbocycles. The number of carbonyl (C=O) groups excluding carboxylic acids is 2. The highest BCUT2D eigenvalue weighted by Crippen LogP contribution is 2.13. The van der Waals surface area contributed by atoms with Crippen molar-refractivity contribution in [2.45, 2.75) is 194 Å². The first-order valence-electron chi connectivity index (χ1n) is 17.2. The predicted molar refractivity (Wildman–Crippen MR) is 167 cm³/mol. The highest BCUT2D eigenvalue weighted by atomic mass is 16.2. The van der Waals surface area contributed by atoms with Crippen LogP contribution in [0.25, 0.3) is 0 Å². The van der Waals surface area contributed by atoms with Crippen molar-refractivity contribution < 1.29 is 9.59 Å². The molecule has 0 atom stereocenters. The van der Waals surface area contributed by atoms with Crippen LogP contribution in [0.2, 0.25) is 0 Å². The molecule has 0 aromatic heterocycles. The molecule has 226 valence electrons. The molecule has 0 rings (SSSR count). The second-order valence-corrected chi connectivity index (χ2v) is 11.7. The van der Waals surface area contributed by atoms with Gasteiger partial charge in [-0.1, -0.05) is 155 Å². The minimum atomic E-state index is 0.187. The molecule has 0 fully saturated rings. The summed E-state index contributed by atoms with van der Waals surface area (Å²) in [5.41, 5.74) is 0. The molecule has 0 aliphatic rings. The van der Waals surface area contributed by atoms with E-state index in [1.807, 2.05) is 0 Å². The highest BCUT2D eigenvalue weighted by Gasteiger charge is 2.03. The van der Waals surface area contributed by atoms with Crippen molar-refractivity contribution in [3.8, 4) is 0 Å². The topological polar surface area (TPSA) is 58.2 Å². The Bertz CT molecular complexity index is 495. The SMILES string of the molecule is CCCCCCCCCCCCCCCC(=O)NCCCCNC(=O)CCCCCCCCCCCCC. The zero-order valence-corrected chi connectivity index (χ0v) is 26.0. The molecule has 0 spiro atoms. The molecule has 0 unspecified atom stereocenters. The summed E-state index contributed by atoms with van der Waals surface area (Å²) in [6, 6.07) is 0. The van der Waals surface area contributed by atoms with Crippen molar-refractivity contribution in [1.29, 1.82) is 0 Å². The summed E-state index contributed by atoms with van der Waals surface area (Å²) < 4.78 is 0. The molecule has 0 heterocycles. The van der Waals surface area contributed by atoms with Crippen molar-refractivity contribution in [1.82, 2.24) is 10.6 Å². The van der Waals surface area contributed by atoms with Gasteiger partial charge in [0.25, 0.3) is 0 Å². The van der Waals surface area contributed by atoms with Gasteiger partial charge in [-0.15, -0.1) is 0 Å². The molecule has 0 bridgehead atoms. The molecule has 0 aliphatic heterocycles. The van der Waals surface area contributed by atoms with Crippen LogP contribution >= 0.6 is 0 Å². The average molecular weight is 537 g/mol. The molecule has 4 nitrogen and oxygen atoms in total. The Kier molecular flexibility index (Phi) is 31.3. The zero-order valence-electron chi connectivity index (χ0n) is 26.0. The summed E-state index contributed by atoms with van der Waals surface area (Å²) in [6.45, 7) is 6.00. The van der Waals surface area contributed by atoms with Gasteiger partial charge in [-0.25, -0.2) is 0 Å². The van der Waals surface area contributed by atoms with E-state index >= 15 is 0 Å². The standard InChI is InChI=1S/C34H68N2O2/c1-3-5-7-9-11-13-15-16-18-20-22-24-26-30-34(38)36-32-28-27-31-35-33(37)29-25-23-21-19-17-14-12-10-8-6-4-2/h3-32H2,1-2H3,(H,35,37)(H,36,38). The van der Waals surface area contributed by atoms with Crippen LogP contribution in [0.15, 0.2) is 0 Å². The van der Waals surface area contributed by atoms with E-state index in [0.717, 1.165) is 38.8 Å². The molecular formula is C34H68N2O2. The predicted octanol–water partition coefficient (Wildman–Crippen LogP) is 10.2. The monoisotopic (exact) mass is 537 g/mol. The maximum atomic E-state index is 12.0. The summed E-state index contributed by atoms with van der Waals surface area (Å²) >= 11 is 0. The van der Waals surface area contributed by atoms with Crippen LogP contribution in [0.3, 0.4) is 0 Å². The van der Waals surface area contributed by atoms with Crippen LogP contribution < -0.4 is 10.6 Å². The molecule has 0 aliphatic carbocycles. The third-order valence-corrected chi connectivity index (χ3v) is 7.76. The van der Waals surface area contributed by atoms with Crippen molar-refractivity contribution in [3.05, 3.63) is 0 Å². The summed E-state index contributed by atoms with van der Waals surface area (Å²) in [5, 5.41) is 6.07. The van der Waals surface area contributed by atoms with Gasteiger partial charge in [0, 0.05) is 25.9 Å². The minimum Gasteiger partial charge on any atom is -0.356 e. The third kappa shape index (κ3) is 31.2. The summed E-state index contributed by atoms with van der Waals surface area (Å²) in [4.78, 5) is 24.0. The van der Waals surface area contributed by atoms with E-state index in [0.29, 0.717) is 12.8 Å². The van der Waals surface area contributed by atoms with Crippen LogP contribution in [0, 0.1) is 0 Å². The number of hydrogen-bond donors (Lipinski definition) is 2. The first-order valence-corrected chi connectivity index (χ1v) is 17.2. The molecule has 0 radical (unpaired) electrons. The van der Waals surface area contributed by atoms with Gasteiger partial charge in [0.1, 0.15) is 0 Å². The van der Waals surface area contributed by atoms with E-state index < -0.39 is 0 Å². The van der Waals surface area contributed by atoms with Gasteiger partial charge >= 0.3 is 0 Å². The van der Waals surface area contributed by atoms with Gasteiger partial charge in [-0.2, -0.15) is 0 Å². The number of hydrogen-bond acceptors (Lipinski definition) is 2. The van der Waals surface area contributed by atoms with E-state index in [-0.39, 0.29) is 11.8 Å². The average Bonchev–Trinajstić information content (AvgIpc) is 2.91. The third-order valence-electron chi connectivity index (χ3n) is 7.76. The Morgan fingerprint density at radius 2 is 0.579 bits per heavy atom. The van der Waals surface area contributed by atoms with Crippen LogP contribution in [0.1, 0.15) is 194 Å². The maximum absolute atomic E-state index is 12.0. The van der Waals surface area contributed by atoms with Gasteiger partial charge in [0.15, 0.2) is 0 Å². The Balaban J connectivity index is 3.26. The number of amides is 2. The second kappa shape index (κ2) is 32.2. The van der Waals surface area contributed by atoms with Gasteiger partial charge in [0.05, 0.1) is 0 Å². The Labute approximate surface area is 238 Å². The largest absolute Gasteiger partial charge is 0.356 e. The fourth-order valence-corrected chi connectivity index (χ4v) is 5.14. The Morgan fingerprint density at radius 3 is 0.842 bits per heavy atom. The van der Waals surface area contributed by atoms with E-state index in [9.17, 15) is 9.59 Å². The fourth-order valence-electron chi connectivity index (χ4n) is 5.14. The van der Waals surface area contributed by atoms with Crippen molar-refractivity contribution in [3.63, 3.8) is 0 Å². The number of unbranched alkanes of at least 4 members (excludes halogenated alkanes) is 23. The van der Waals surface area contributed by atoms with Crippen molar-refractivity contribution in [2.75, 3.05) is 13.1 Å². The molecule has 0 saturated heterocycles. The minimum absolute atomic E-state index is 0.187. The maximum Gasteiger partial charge on any atom is 0.219 e. The lowest BCUT2D eigenvalue weighted by Crippen LogP contribution is -2.27. The molecule has 2 amide bonds. The summed E-state index contributed by atoms with van der Waals surface area (Å²) in [6.07, 6.45) is 34.9. The molecule has 0 aromatic rings. The Hall–Kier alpha value is -1.06. The number of nitrogens with one attached hydrogen (secondary N) is 2. The smallest absolute Gasteiger partial charge is 0.219 e. The van der Waals surface area contributed by atoms with Crippen LogP contribution in [-0.4, -0.2) is 24.9 Å². The first-order chi connectivity index (χ1) is 18.7. The van der Waals surface area contributed by atoms with Gasteiger partial charge in [-0.05, 0) is 25.7 Å². The normalized spacial score (nSPS) is 11.1. The molecule has 2 N–H and O–H groups in total. The molecule has 0 aromatic carbocycles. The van der Waals surface area contributed by atoms with Gasteiger partial charge in [0.2, 0.25) is 11.8 Å². The van der Waals surface area contributed by atoms with E-state index in [2.05, 4.69) is 24.5 Å². The molecular weight excluding hydrogens is 468 g/mol. The summed E-state index contributed by atoms with van der Waals surface area (Å²) in [7, 11) is 0. The number of rotatable bonds is 31. The van der Waals surface area contributed by atoms with Crippen molar-refractivity contribution >= 4 is 11.8 Å². The lowest BCUT2D eigenvalue weighted by molar-refractivity contribution is -0.122.